The first-order valence-electron chi connectivity index (χ1n) is 11.6. The van der Waals surface area contributed by atoms with Gasteiger partial charge in [0, 0.05) is 36.7 Å². The van der Waals surface area contributed by atoms with Crippen molar-refractivity contribution in [3.63, 3.8) is 0 Å². The molecule has 0 bridgehead atoms. The number of carbonyl (C=O) groups excluding carboxylic acids is 1. The second-order valence-corrected chi connectivity index (χ2v) is 9.51. The molecule has 35 heavy (non-hydrogen) atoms. The van der Waals surface area contributed by atoms with Crippen molar-refractivity contribution < 1.29 is 32.3 Å². The molecule has 190 valence electrons. The minimum atomic E-state index is -4.67. The van der Waals surface area contributed by atoms with Gasteiger partial charge in [-0.05, 0) is 49.3 Å². The van der Waals surface area contributed by atoms with Crippen LogP contribution in [0.2, 0.25) is 5.02 Å². The van der Waals surface area contributed by atoms with Crippen LogP contribution in [0.5, 0.6) is 0 Å². The number of alkyl halides is 3. The van der Waals surface area contributed by atoms with Gasteiger partial charge in [0.15, 0.2) is 11.4 Å². The number of fused-ring (bicyclic) bond motifs is 1. The number of aliphatic carboxylic acids is 1. The summed E-state index contributed by atoms with van der Waals surface area (Å²) in [6.45, 7) is 1.63. The van der Waals surface area contributed by atoms with E-state index in [0.717, 1.165) is 38.2 Å². The van der Waals surface area contributed by atoms with Crippen molar-refractivity contribution in [3.05, 3.63) is 57.9 Å². The number of carbonyl (C=O) groups is 2. The molecule has 0 fully saturated rings. The van der Waals surface area contributed by atoms with Crippen LogP contribution in [0.25, 0.3) is 11.1 Å². The number of nitrogens with zero attached hydrogens (tertiary/aromatic N) is 1. The van der Waals surface area contributed by atoms with Crippen LogP contribution in [-0.2, 0) is 30.9 Å². The predicted octanol–water partition coefficient (Wildman–Crippen LogP) is 7.47. The SMILES string of the molecule is C[C@H](CC(=O)O)CC(=O)c1c(CCCCCCc2cccc(Cl)c2)n(C)c2cc(C(F)(F)F)oc12. The summed E-state index contributed by atoms with van der Waals surface area (Å²) in [5.74, 6) is -3.04. The zero-order valence-electron chi connectivity index (χ0n) is 19.8. The summed E-state index contributed by atoms with van der Waals surface area (Å²) in [5, 5.41) is 9.71. The molecule has 5 nitrogen and oxygen atoms in total. The Kier molecular flexibility index (Phi) is 8.70. The minimum Gasteiger partial charge on any atom is -0.481 e. The smallest absolute Gasteiger partial charge is 0.449 e. The normalized spacial score (nSPS) is 12.9. The molecule has 0 aliphatic heterocycles. The minimum absolute atomic E-state index is 0.0803. The zero-order chi connectivity index (χ0) is 25.8. The molecular formula is C26H29ClF3NO4. The fourth-order valence-electron chi connectivity index (χ4n) is 4.43. The lowest BCUT2D eigenvalue weighted by Gasteiger charge is -2.11. The van der Waals surface area contributed by atoms with Gasteiger partial charge in [0.2, 0.25) is 5.76 Å². The Morgan fingerprint density at radius 3 is 2.40 bits per heavy atom. The molecule has 0 saturated carbocycles. The predicted molar refractivity (Wildman–Crippen MR) is 128 cm³/mol. The van der Waals surface area contributed by atoms with Crippen molar-refractivity contribution in [3.8, 4) is 0 Å². The highest BCUT2D eigenvalue weighted by Crippen LogP contribution is 2.38. The molecule has 2 aromatic heterocycles. The number of aromatic nitrogens is 1. The van der Waals surface area contributed by atoms with E-state index in [9.17, 15) is 22.8 Å². The lowest BCUT2D eigenvalue weighted by Crippen LogP contribution is -2.12. The molecule has 0 radical (unpaired) electrons. The first kappa shape index (κ1) is 26.9. The molecule has 0 spiro atoms. The summed E-state index contributed by atoms with van der Waals surface area (Å²) in [4.78, 5) is 24.1. The highest BCUT2D eigenvalue weighted by atomic mass is 35.5. The zero-order valence-corrected chi connectivity index (χ0v) is 20.5. The molecule has 1 aromatic carbocycles. The van der Waals surface area contributed by atoms with Crippen LogP contribution in [0.1, 0.15) is 72.8 Å². The van der Waals surface area contributed by atoms with Gasteiger partial charge in [0.05, 0.1) is 11.1 Å². The lowest BCUT2D eigenvalue weighted by atomic mass is 9.95. The van der Waals surface area contributed by atoms with E-state index < -0.39 is 29.6 Å². The summed E-state index contributed by atoms with van der Waals surface area (Å²) < 4.78 is 46.4. The van der Waals surface area contributed by atoms with Crippen molar-refractivity contribution in [1.29, 1.82) is 0 Å². The van der Waals surface area contributed by atoms with E-state index in [0.29, 0.717) is 17.1 Å². The monoisotopic (exact) mass is 511 g/mol. The Bertz CT molecular complexity index is 1200. The van der Waals surface area contributed by atoms with Crippen LogP contribution < -0.4 is 0 Å². The molecule has 0 aliphatic rings. The number of aryl methyl sites for hydroxylation is 2. The molecule has 3 rings (SSSR count). The fraction of sp³-hybridized carbons (Fsp3) is 0.462. The standard InChI is InChI=1S/C26H29ClF3NO4/c1-16(13-23(33)34)12-21(32)24-19(31(2)20-15-22(26(28,29)30)35-25(20)24)11-6-4-3-5-8-17-9-7-10-18(27)14-17/h7,9-10,14-16H,3-6,8,11-13H2,1-2H3,(H,33,34)/t16-/m0/s1. The number of rotatable bonds is 12. The molecule has 2 heterocycles. The average Bonchev–Trinajstić information content (AvgIpc) is 3.29. The Balaban J connectivity index is 1.72. The summed E-state index contributed by atoms with van der Waals surface area (Å²) in [6.07, 6.45) is 0.0516. The largest absolute Gasteiger partial charge is 0.481 e. The maximum atomic E-state index is 13.2. The van der Waals surface area contributed by atoms with Gasteiger partial charge in [0.1, 0.15) is 0 Å². The molecule has 1 N–H and O–H groups in total. The number of hydrogen-bond acceptors (Lipinski definition) is 3. The third kappa shape index (κ3) is 6.90. The summed E-state index contributed by atoms with van der Waals surface area (Å²) in [6, 6.07) is 8.65. The second-order valence-electron chi connectivity index (χ2n) is 9.08. The van der Waals surface area contributed by atoms with Crippen molar-refractivity contribution >= 4 is 34.5 Å². The van der Waals surface area contributed by atoms with E-state index >= 15 is 0 Å². The van der Waals surface area contributed by atoms with Gasteiger partial charge in [-0.3, -0.25) is 9.59 Å². The molecule has 9 heteroatoms. The second kappa shape index (κ2) is 11.3. The topological polar surface area (TPSA) is 72.4 Å². The molecular weight excluding hydrogens is 483 g/mol. The van der Waals surface area contributed by atoms with E-state index in [4.69, 9.17) is 21.1 Å². The Labute approximate surface area is 206 Å². The van der Waals surface area contributed by atoms with Gasteiger partial charge in [0.25, 0.3) is 0 Å². The van der Waals surface area contributed by atoms with Gasteiger partial charge in [-0.1, -0.05) is 43.5 Å². The van der Waals surface area contributed by atoms with Crippen molar-refractivity contribution in [2.75, 3.05) is 0 Å². The maximum Gasteiger partial charge on any atom is 0.449 e. The number of ketones is 1. The van der Waals surface area contributed by atoms with E-state index in [2.05, 4.69) is 0 Å². The quantitative estimate of drug-likeness (QED) is 0.202. The molecule has 0 amide bonds. The lowest BCUT2D eigenvalue weighted by molar-refractivity contribution is -0.152. The first-order chi connectivity index (χ1) is 16.5. The van der Waals surface area contributed by atoms with Gasteiger partial charge in [-0.25, -0.2) is 0 Å². The van der Waals surface area contributed by atoms with Crippen LogP contribution in [-0.4, -0.2) is 21.4 Å². The number of unbranched alkanes of at least 4 members (excludes halogenated alkanes) is 3. The van der Waals surface area contributed by atoms with E-state index in [1.807, 2.05) is 24.3 Å². The maximum absolute atomic E-state index is 13.2. The molecule has 0 aliphatic carbocycles. The number of benzene rings is 1. The number of hydrogen-bond donors (Lipinski definition) is 1. The Hall–Kier alpha value is -2.74. The Morgan fingerprint density at radius 1 is 1.09 bits per heavy atom. The van der Waals surface area contributed by atoms with Crippen molar-refractivity contribution in [2.45, 2.75) is 64.5 Å². The van der Waals surface area contributed by atoms with E-state index in [1.54, 1.807) is 18.5 Å². The van der Waals surface area contributed by atoms with Crippen LogP contribution >= 0.6 is 11.6 Å². The van der Waals surface area contributed by atoms with Crippen LogP contribution in [0, 0.1) is 5.92 Å². The van der Waals surface area contributed by atoms with Gasteiger partial charge in [-0.2, -0.15) is 13.2 Å². The summed E-state index contributed by atoms with van der Waals surface area (Å²) in [5.41, 5.74) is 2.05. The molecule has 0 unspecified atom stereocenters. The number of carboxylic acids is 1. The van der Waals surface area contributed by atoms with E-state index in [1.165, 1.54) is 5.56 Å². The highest BCUT2D eigenvalue weighted by molar-refractivity contribution is 6.30. The van der Waals surface area contributed by atoms with Crippen LogP contribution in [0.15, 0.2) is 34.7 Å². The third-order valence-electron chi connectivity index (χ3n) is 6.13. The average molecular weight is 512 g/mol. The number of halogens is 4. The molecule has 3 aromatic rings. The highest BCUT2D eigenvalue weighted by Gasteiger charge is 2.37. The Morgan fingerprint density at radius 2 is 1.77 bits per heavy atom. The first-order valence-corrected chi connectivity index (χ1v) is 12.0. The number of furan rings is 1. The third-order valence-corrected chi connectivity index (χ3v) is 6.36. The van der Waals surface area contributed by atoms with Crippen LogP contribution in [0.3, 0.4) is 0 Å². The van der Waals surface area contributed by atoms with Gasteiger partial charge >= 0.3 is 12.1 Å². The number of carboxylic acid groups (broad SMARTS) is 1. The van der Waals surface area contributed by atoms with Gasteiger partial charge in [-0.15, -0.1) is 0 Å². The number of Topliss-reactive ketones (excluding diaryl/α,β-unsaturated/α-hetero) is 1. The molecule has 0 saturated heterocycles. The fourth-order valence-corrected chi connectivity index (χ4v) is 4.64. The van der Waals surface area contributed by atoms with Crippen molar-refractivity contribution in [2.24, 2.45) is 13.0 Å². The summed E-state index contributed by atoms with van der Waals surface area (Å²) in [7, 11) is 1.63. The van der Waals surface area contributed by atoms with Crippen LogP contribution in [0.4, 0.5) is 13.2 Å². The van der Waals surface area contributed by atoms with Gasteiger partial charge < -0.3 is 14.1 Å². The summed E-state index contributed by atoms with van der Waals surface area (Å²) >= 11 is 6.02. The van der Waals surface area contributed by atoms with E-state index in [-0.39, 0.29) is 29.5 Å². The van der Waals surface area contributed by atoms with Crippen molar-refractivity contribution in [1.82, 2.24) is 4.57 Å². The molecule has 1 atom stereocenters.